The summed E-state index contributed by atoms with van der Waals surface area (Å²) >= 11 is 0. The standard InChI is InChI=1S/C26H24FN5O4S/c1-17-11-20(15-29-14-17)26-31-30-24(32(26)25-22(35-2)5-4-6-23(25)36-3)16-37(33,34)10-9-18-7-8-21(27)12-19(18)13-28/h4-8,11-12,14-15H,9-10,16H2,1-3H3. The van der Waals surface area contributed by atoms with Crippen molar-refractivity contribution >= 4 is 9.84 Å². The molecule has 0 spiro atoms. The highest BCUT2D eigenvalue weighted by atomic mass is 32.2. The van der Waals surface area contributed by atoms with Gasteiger partial charge in [-0.15, -0.1) is 10.2 Å². The Kier molecular flexibility index (Phi) is 7.50. The van der Waals surface area contributed by atoms with Crippen molar-refractivity contribution in [2.24, 2.45) is 0 Å². The molecular weight excluding hydrogens is 497 g/mol. The maximum atomic E-state index is 13.5. The van der Waals surface area contributed by atoms with Crippen LogP contribution in [0.2, 0.25) is 0 Å². The zero-order valence-corrected chi connectivity index (χ0v) is 21.3. The molecule has 0 amide bonds. The van der Waals surface area contributed by atoms with E-state index in [1.165, 1.54) is 26.4 Å². The average molecular weight is 522 g/mol. The van der Waals surface area contributed by atoms with Crippen molar-refractivity contribution in [2.75, 3.05) is 20.0 Å². The third kappa shape index (κ3) is 5.59. The molecule has 2 aromatic heterocycles. The first-order valence-electron chi connectivity index (χ1n) is 11.2. The van der Waals surface area contributed by atoms with Crippen LogP contribution in [0.1, 0.15) is 22.5 Å². The summed E-state index contributed by atoms with van der Waals surface area (Å²) in [5, 5.41) is 17.8. The SMILES string of the molecule is COc1cccc(OC)c1-n1c(CS(=O)(=O)CCc2ccc(F)cc2C#N)nnc1-c1cncc(C)c1. The molecule has 11 heteroatoms. The molecule has 0 fully saturated rings. The number of hydrogen-bond acceptors (Lipinski definition) is 8. The molecule has 0 bridgehead atoms. The Morgan fingerprint density at radius 1 is 1.05 bits per heavy atom. The summed E-state index contributed by atoms with van der Waals surface area (Å²) in [6.07, 6.45) is 3.36. The van der Waals surface area contributed by atoms with Crippen LogP contribution in [0, 0.1) is 24.1 Å². The van der Waals surface area contributed by atoms with Gasteiger partial charge in [-0.2, -0.15) is 5.26 Å². The van der Waals surface area contributed by atoms with Gasteiger partial charge in [0.15, 0.2) is 21.5 Å². The van der Waals surface area contributed by atoms with E-state index < -0.39 is 21.4 Å². The van der Waals surface area contributed by atoms with Crippen LogP contribution >= 0.6 is 0 Å². The molecule has 190 valence electrons. The number of benzene rings is 2. The second kappa shape index (κ2) is 10.8. The summed E-state index contributed by atoms with van der Waals surface area (Å²) in [4.78, 5) is 4.23. The monoisotopic (exact) mass is 521 g/mol. The number of ether oxygens (including phenoxy) is 2. The highest BCUT2D eigenvalue weighted by Crippen LogP contribution is 2.36. The molecule has 0 saturated heterocycles. The maximum absolute atomic E-state index is 13.5. The van der Waals surface area contributed by atoms with E-state index in [0.29, 0.717) is 34.1 Å². The van der Waals surface area contributed by atoms with Crippen LogP contribution in [0.3, 0.4) is 0 Å². The van der Waals surface area contributed by atoms with Gasteiger partial charge in [0.25, 0.3) is 0 Å². The molecule has 2 aromatic carbocycles. The first-order chi connectivity index (χ1) is 17.8. The Morgan fingerprint density at radius 3 is 2.43 bits per heavy atom. The molecule has 9 nitrogen and oxygen atoms in total. The number of rotatable bonds is 9. The Balaban J connectivity index is 1.77. The summed E-state index contributed by atoms with van der Waals surface area (Å²) in [5.41, 5.74) is 2.53. The third-order valence-corrected chi connectivity index (χ3v) is 7.24. The van der Waals surface area contributed by atoms with Gasteiger partial charge < -0.3 is 9.47 Å². The quantitative estimate of drug-likeness (QED) is 0.326. The van der Waals surface area contributed by atoms with E-state index in [4.69, 9.17) is 9.47 Å². The smallest absolute Gasteiger partial charge is 0.170 e. The molecule has 0 aliphatic heterocycles. The van der Waals surface area contributed by atoms with E-state index in [-0.39, 0.29) is 23.6 Å². The molecule has 0 aliphatic carbocycles. The van der Waals surface area contributed by atoms with Crippen LogP contribution in [0.25, 0.3) is 17.1 Å². The molecule has 4 rings (SSSR count). The Labute approximate surface area is 214 Å². The summed E-state index contributed by atoms with van der Waals surface area (Å²) in [6.45, 7) is 1.89. The van der Waals surface area contributed by atoms with E-state index in [0.717, 1.165) is 11.6 Å². The summed E-state index contributed by atoms with van der Waals surface area (Å²) < 4.78 is 52.7. The lowest BCUT2D eigenvalue weighted by atomic mass is 10.1. The van der Waals surface area contributed by atoms with E-state index in [2.05, 4.69) is 15.2 Å². The number of pyridine rings is 1. The summed E-state index contributed by atoms with van der Waals surface area (Å²) in [6, 6.07) is 12.7. The molecule has 0 atom stereocenters. The number of nitriles is 1. The molecule has 0 saturated carbocycles. The lowest BCUT2D eigenvalue weighted by Crippen LogP contribution is -2.16. The van der Waals surface area contributed by atoms with Gasteiger partial charge in [-0.1, -0.05) is 12.1 Å². The molecule has 4 aromatic rings. The predicted molar refractivity (Wildman–Crippen MR) is 135 cm³/mol. The van der Waals surface area contributed by atoms with Crippen molar-refractivity contribution in [3.8, 4) is 34.6 Å². The fourth-order valence-electron chi connectivity index (χ4n) is 3.97. The van der Waals surface area contributed by atoms with E-state index >= 15 is 0 Å². The zero-order chi connectivity index (χ0) is 26.6. The highest BCUT2D eigenvalue weighted by molar-refractivity contribution is 7.90. The van der Waals surface area contributed by atoms with Crippen molar-refractivity contribution in [2.45, 2.75) is 19.1 Å². The van der Waals surface area contributed by atoms with Crippen molar-refractivity contribution in [3.63, 3.8) is 0 Å². The van der Waals surface area contributed by atoms with Gasteiger partial charge in [-0.3, -0.25) is 9.55 Å². The number of para-hydroxylation sites is 1. The van der Waals surface area contributed by atoms with E-state index in [9.17, 15) is 18.1 Å². The van der Waals surface area contributed by atoms with Crippen LogP contribution in [0.4, 0.5) is 4.39 Å². The van der Waals surface area contributed by atoms with Gasteiger partial charge in [0.05, 0.1) is 31.6 Å². The molecule has 0 aliphatic rings. The van der Waals surface area contributed by atoms with E-state index in [1.807, 2.05) is 19.1 Å². The fraction of sp³-hybridized carbons (Fsp3) is 0.231. The third-order valence-electron chi connectivity index (χ3n) is 5.71. The molecule has 2 heterocycles. The Bertz CT molecular complexity index is 1570. The number of aryl methyl sites for hydroxylation is 2. The number of sulfone groups is 1. The number of aromatic nitrogens is 4. The van der Waals surface area contributed by atoms with Gasteiger partial charge in [0, 0.05) is 18.0 Å². The first kappa shape index (κ1) is 25.8. The van der Waals surface area contributed by atoms with Crippen LogP contribution in [0.5, 0.6) is 11.5 Å². The van der Waals surface area contributed by atoms with Gasteiger partial charge in [0.1, 0.15) is 28.8 Å². The number of hydrogen-bond donors (Lipinski definition) is 0. The normalized spacial score (nSPS) is 11.2. The highest BCUT2D eigenvalue weighted by Gasteiger charge is 2.26. The summed E-state index contributed by atoms with van der Waals surface area (Å²) in [5.74, 6) is 0.122. The van der Waals surface area contributed by atoms with Gasteiger partial charge >= 0.3 is 0 Å². The van der Waals surface area contributed by atoms with E-state index in [1.54, 1.807) is 35.2 Å². The Morgan fingerprint density at radius 2 is 1.78 bits per heavy atom. The molecule has 0 N–H and O–H groups in total. The number of nitrogens with zero attached hydrogens (tertiary/aromatic N) is 5. The predicted octanol–water partition coefficient (Wildman–Crippen LogP) is 3.82. The van der Waals surface area contributed by atoms with Gasteiger partial charge in [-0.25, -0.2) is 12.8 Å². The van der Waals surface area contributed by atoms with Gasteiger partial charge in [0.2, 0.25) is 0 Å². The van der Waals surface area contributed by atoms with Crippen molar-refractivity contribution in [1.29, 1.82) is 5.26 Å². The van der Waals surface area contributed by atoms with Crippen LogP contribution in [0.15, 0.2) is 54.9 Å². The molecule has 0 radical (unpaired) electrons. The lowest BCUT2D eigenvalue weighted by molar-refractivity contribution is 0.391. The first-order valence-corrected chi connectivity index (χ1v) is 13.0. The second-order valence-corrected chi connectivity index (χ2v) is 10.5. The molecular formula is C26H24FN5O4S. The van der Waals surface area contributed by atoms with Crippen molar-refractivity contribution in [3.05, 3.63) is 83.2 Å². The molecule has 0 unspecified atom stereocenters. The number of methoxy groups -OCH3 is 2. The van der Waals surface area contributed by atoms with Gasteiger partial charge in [-0.05, 0) is 54.8 Å². The minimum Gasteiger partial charge on any atom is -0.494 e. The summed E-state index contributed by atoms with van der Waals surface area (Å²) in [7, 11) is -0.734. The fourth-order valence-corrected chi connectivity index (χ4v) is 5.22. The van der Waals surface area contributed by atoms with Crippen LogP contribution in [-0.4, -0.2) is 48.1 Å². The van der Waals surface area contributed by atoms with Crippen molar-refractivity contribution in [1.82, 2.24) is 19.7 Å². The number of halogens is 1. The topological polar surface area (TPSA) is 120 Å². The van der Waals surface area contributed by atoms with Crippen LogP contribution < -0.4 is 9.47 Å². The average Bonchev–Trinajstić information content (AvgIpc) is 3.29. The Hall–Kier alpha value is -4.30. The lowest BCUT2D eigenvalue weighted by Gasteiger charge is -2.17. The minimum absolute atomic E-state index is 0.0479. The largest absolute Gasteiger partial charge is 0.494 e. The zero-order valence-electron chi connectivity index (χ0n) is 20.5. The minimum atomic E-state index is -3.74. The van der Waals surface area contributed by atoms with Crippen LogP contribution in [-0.2, 0) is 22.0 Å². The maximum Gasteiger partial charge on any atom is 0.170 e. The second-order valence-electron chi connectivity index (χ2n) is 8.29. The molecule has 37 heavy (non-hydrogen) atoms. The van der Waals surface area contributed by atoms with Crippen molar-refractivity contribution < 1.29 is 22.3 Å².